The maximum Gasteiger partial charge on any atom is 0.261 e. The van der Waals surface area contributed by atoms with Crippen LogP contribution in [0.5, 0.6) is 0 Å². The molecule has 1 aliphatic heterocycles. The van der Waals surface area contributed by atoms with Gasteiger partial charge in [0.2, 0.25) is 12.3 Å². The first-order valence-corrected chi connectivity index (χ1v) is 8.60. The largest absolute Gasteiger partial charge is 0.427 e. The minimum absolute atomic E-state index is 0.344. The van der Waals surface area contributed by atoms with Gasteiger partial charge in [0.05, 0.1) is 30.3 Å². The van der Waals surface area contributed by atoms with Crippen molar-refractivity contribution in [3.8, 4) is 0 Å². The SMILES string of the molecule is O=c1c2ccc(N3CCN(Cc4nnco4)CC3)cc2ncn1CC(F)F. The average Bonchev–Trinajstić information content (AvgIpc) is 3.17. The molecule has 0 bridgehead atoms. The van der Waals surface area contributed by atoms with Crippen molar-refractivity contribution in [3.05, 3.63) is 47.2 Å². The molecule has 0 amide bonds. The third-order valence-corrected chi connectivity index (χ3v) is 4.64. The Morgan fingerprint density at radius 3 is 2.70 bits per heavy atom. The summed E-state index contributed by atoms with van der Waals surface area (Å²) >= 11 is 0. The van der Waals surface area contributed by atoms with Gasteiger partial charge in [-0.2, -0.15) is 0 Å². The molecule has 3 aromatic rings. The molecule has 0 saturated carbocycles. The summed E-state index contributed by atoms with van der Waals surface area (Å²) in [5.74, 6) is 0.596. The molecule has 0 spiro atoms. The Hall–Kier alpha value is -2.88. The molecule has 4 rings (SSSR count). The van der Waals surface area contributed by atoms with Gasteiger partial charge < -0.3 is 9.32 Å². The minimum atomic E-state index is -2.59. The summed E-state index contributed by atoms with van der Waals surface area (Å²) in [4.78, 5) is 20.9. The Kier molecular flexibility index (Phi) is 4.80. The van der Waals surface area contributed by atoms with Crippen LogP contribution in [0, 0.1) is 0 Å². The van der Waals surface area contributed by atoms with E-state index in [9.17, 15) is 13.6 Å². The molecule has 0 N–H and O–H groups in total. The van der Waals surface area contributed by atoms with Crippen LogP contribution in [-0.2, 0) is 13.1 Å². The number of hydrogen-bond donors (Lipinski definition) is 0. The van der Waals surface area contributed by atoms with Crippen LogP contribution in [0.15, 0.2) is 40.1 Å². The van der Waals surface area contributed by atoms with Crippen LogP contribution in [0.1, 0.15) is 5.89 Å². The molecule has 3 heterocycles. The van der Waals surface area contributed by atoms with E-state index < -0.39 is 18.5 Å². The Balaban J connectivity index is 1.47. The maximum atomic E-state index is 12.5. The van der Waals surface area contributed by atoms with Crippen molar-refractivity contribution in [3.63, 3.8) is 0 Å². The van der Waals surface area contributed by atoms with Crippen molar-refractivity contribution >= 4 is 16.6 Å². The third kappa shape index (κ3) is 3.80. The van der Waals surface area contributed by atoms with Gasteiger partial charge in [0.25, 0.3) is 12.0 Å². The standard InChI is InChI=1S/C17H18F2N6O2/c18-15(19)8-25-10-20-14-7-12(1-2-13(14)17(25)26)24-5-3-23(4-6-24)9-16-22-21-11-27-16/h1-2,7,10-11,15H,3-6,8-9H2. The molecule has 27 heavy (non-hydrogen) atoms. The Labute approximate surface area is 153 Å². The fourth-order valence-corrected chi connectivity index (χ4v) is 3.24. The van der Waals surface area contributed by atoms with E-state index >= 15 is 0 Å². The maximum absolute atomic E-state index is 12.5. The van der Waals surface area contributed by atoms with Crippen LogP contribution in [0.4, 0.5) is 14.5 Å². The summed E-state index contributed by atoms with van der Waals surface area (Å²) in [5, 5.41) is 7.92. The summed E-state index contributed by atoms with van der Waals surface area (Å²) in [6.07, 6.45) is -0.0871. The van der Waals surface area contributed by atoms with Crippen molar-refractivity contribution in [1.82, 2.24) is 24.6 Å². The molecule has 1 fully saturated rings. The monoisotopic (exact) mass is 376 g/mol. The lowest BCUT2D eigenvalue weighted by Crippen LogP contribution is -2.46. The number of nitrogens with zero attached hydrogens (tertiary/aromatic N) is 6. The average molecular weight is 376 g/mol. The second kappa shape index (κ2) is 7.39. The summed E-state index contributed by atoms with van der Waals surface area (Å²) in [7, 11) is 0. The molecular formula is C17H18F2N6O2. The van der Waals surface area contributed by atoms with Gasteiger partial charge in [-0.3, -0.25) is 14.3 Å². The first kappa shape index (κ1) is 17.5. The number of benzene rings is 1. The molecule has 2 aromatic heterocycles. The van der Waals surface area contributed by atoms with E-state index in [0.29, 0.717) is 23.3 Å². The predicted molar refractivity (Wildman–Crippen MR) is 93.8 cm³/mol. The Bertz CT molecular complexity index is 967. The van der Waals surface area contributed by atoms with Gasteiger partial charge in [0.15, 0.2) is 0 Å². The van der Waals surface area contributed by atoms with E-state index in [0.717, 1.165) is 36.4 Å². The quantitative estimate of drug-likeness (QED) is 0.665. The Morgan fingerprint density at radius 2 is 2.00 bits per heavy atom. The zero-order chi connectivity index (χ0) is 18.8. The fraction of sp³-hybridized carbons (Fsp3) is 0.412. The highest BCUT2D eigenvalue weighted by Gasteiger charge is 2.19. The molecule has 1 aliphatic rings. The van der Waals surface area contributed by atoms with Crippen molar-refractivity contribution in [2.45, 2.75) is 19.5 Å². The highest BCUT2D eigenvalue weighted by molar-refractivity contribution is 5.81. The number of halogens is 2. The van der Waals surface area contributed by atoms with E-state index in [2.05, 4.69) is 25.0 Å². The van der Waals surface area contributed by atoms with Gasteiger partial charge in [-0.15, -0.1) is 10.2 Å². The van der Waals surface area contributed by atoms with Crippen molar-refractivity contribution in [1.29, 1.82) is 0 Å². The topological polar surface area (TPSA) is 80.3 Å². The van der Waals surface area contributed by atoms with Gasteiger partial charge in [0.1, 0.15) is 0 Å². The van der Waals surface area contributed by atoms with E-state index in [1.807, 2.05) is 12.1 Å². The number of anilines is 1. The first-order valence-electron chi connectivity index (χ1n) is 8.60. The zero-order valence-corrected chi connectivity index (χ0v) is 14.5. The summed E-state index contributed by atoms with van der Waals surface area (Å²) in [6.45, 7) is 3.26. The van der Waals surface area contributed by atoms with Gasteiger partial charge in [0, 0.05) is 31.9 Å². The van der Waals surface area contributed by atoms with Crippen molar-refractivity contribution < 1.29 is 13.2 Å². The molecule has 0 atom stereocenters. The lowest BCUT2D eigenvalue weighted by molar-refractivity contribution is 0.125. The van der Waals surface area contributed by atoms with Crippen LogP contribution in [-0.4, -0.2) is 57.3 Å². The summed E-state index contributed by atoms with van der Waals surface area (Å²) in [5.41, 5.74) is 1.02. The molecule has 0 radical (unpaired) electrons. The molecule has 10 heteroatoms. The molecular weight excluding hydrogens is 358 g/mol. The van der Waals surface area contributed by atoms with Crippen LogP contribution in [0.3, 0.4) is 0 Å². The lowest BCUT2D eigenvalue weighted by atomic mass is 10.2. The number of aromatic nitrogens is 4. The molecule has 1 aromatic carbocycles. The van der Waals surface area contributed by atoms with Crippen molar-refractivity contribution in [2.75, 3.05) is 31.1 Å². The molecule has 0 unspecified atom stereocenters. The van der Waals surface area contributed by atoms with Gasteiger partial charge in [-0.05, 0) is 18.2 Å². The zero-order valence-electron chi connectivity index (χ0n) is 14.5. The highest BCUT2D eigenvalue weighted by atomic mass is 19.3. The second-order valence-electron chi connectivity index (χ2n) is 6.39. The number of fused-ring (bicyclic) bond motifs is 1. The van der Waals surface area contributed by atoms with Gasteiger partial charge >= 0.3 is 0 Å². The Morgan fingerprint density at radius 1 is 1.19 bits per heavy atom. The van der Waals surface area contributed by atoms with E-state index in [4.69, 9.17) is 4.42 Å². The number of alkyl halides is 2. The van der Waals surface area contributed by atoms with Gasteiger partial charge in [-0.25, -0.2) is 13.8 Å². The van der Waals surface area contributed by atoms with Gasteiger partial charge in [-0.1, -0.05) is 0 Å². The lowest BCUT2D eigenvalue weighted by Gasteiger charge is -2.35. The van der Waals surface area contributed by atoms with Crippen molar-refractivity contribution in [2.24, 2.45) is 0 Å². The predicted octanol–water partition coefficient (Wildman–Crippen LogP) is 1.37. The molecule has 8 nitrogen and oxygen atoms in total. The normalized spacial score (nSPS) is 15.7. The number of piperazine rings is 1. The minimum Gasteiger partial charge on any atom is -0.427 e. The smallest absolute Gasteiger partial charge is 0.261 e. The van der Waals surface area contributed by atoms with E-state index in [-0.39, 0.29) is 0 Å². The number of rotatable bonds is 5. The molecule has 142 valence electrons. The van der Waals surface area contributed by atoms with E-state index in [1.165, 1.54) is 12.7 Å². The van der Waals surface area contributed by atoms with E-state index in [1.54, 1.807) is 6.07 Å². The first-order chi connectivity index (χ1) is 13.1. The van der Waals surface area contributed by atoms with Crippen LogP contribution < -0.4 is 10.5 Å². The van der Waals surface area contributed by atoms with Crippen LogP contribution >= 0.6 is 0 Å². The third-order valence-electron chi connectivity index (χ3n) is 4.64. The second-order valence-corrected chi connectivity index (χ2v) is 6.39. The van der Waals surface area contributed by atoms with Crippen LogP contribution in [0.25, 0.3) is 10.9 Å². The molecule has 1 saturated heterocycles. The van der Waals surface area contributed by atoms with Crippen LogP contribution in [0.2, 0.25) is 0 Å². The molecule has 0 aliphatic carbocycles. The number of hydrogen-bond acceptors (Lipinski definition) is 7. The fourth-order valence-electron chi connectivity index (χ4n) is 3.24. The summed E-state index contributed by atoms with van der Waals surface area (Å²) in [6, 6.07) is 5.33. The summed E-state index contributed by atoms with van der Waals surface area (Å²) < 4.78 is 31.2. The highest BCUT2D eigenvalue weighted by Crippen LogP contribution is 2.21.